The van der Waals surface area contributed by atoms with Crippen molar-refractivity contribution < 1.29 is 14.0 Å². The predicted octanol–water partition coefficient (Wildman–Crippen LogP) is 3.94. The predicted molar refractivity (Wildman–Crippen MR) is 96.0 cm³/mol. The first kappa shape index (κ1) is 17.1. The maximum Gasteiger partial charge on any atom is 0.229 e. The van der Waals surface area contributed by atoms with Gasteiger partial charge in [0.05, 0.1) is 5.92 Å². The monoisotopic (exact) mass is 340 g/mol. The van der Waals surface area contributed by atoms with Crippen molar-refractivity contribution in [2.24, 2.45) is 5.92 Å². The zero-order valence-corrected chi connectivity index (χ0v) is 14.3. The molecular formula is C20H21FN2O2. The molecule has 0 aromatic heterocycles. The van der Waals surface area contributed by atoms with Gasteiger partial charge in [0.25, 0.3) is 0 Å². The van der Waals surface area contributed by atoms with Crippen LogP contribution in [0.3, 0.4) is 0 Å². The largest absolute Gasteiger partial charge is 0.326 e. The Hall–Kier alpha value is -2.69. The first-order chi connectivity index (χ1) is 12.0. The number of hydrogen-bond donors (Lipinski definition) is 1. The summed E-state index contributed by atoms with van der Waals surface area (Å²) in [7, 11) is 0. The highest BCUT2D eigenvalue weighted by Crippen LogP contribution is 2.28. The second-order valence-electron chi connectivity index (χ2n) is 6.61. The van der Waals surface area contributed by atoms with Crippen LogP contribution in [0.25, 0.3) is 0 Å². The molecule has 2 aromatic carbocycles. The molecule has 0 bridgehead atoms. The van der Waals surface area contributed by atoms with Gasteiger partial charge in [-0.15, -0.1) is 0 Å². The highest BCUT2D eigenvalue weighted by Gasteiger charge is 2.35. The molecule has 1 heterocycles. The van der Waals surface area contributed by atoms with Gasteiger partial charge in [-0.05, 0) is 41.8 Å². The third-order valence-electron chi connectivity index (χ3n) is 4.47. The Balaban J connectivity index is 1.72. The molecule has 1 aliphatic heterocycles. The molecule has 1 aliphatic rings. The summed E-state index contributed by atoms with van der Waals surface area (Å²) >= 11 is 0. The number of benzene rings is 2. The van der Waals surface area contributed by atoms with Crippen molar-refractivity contribution in [1.82, 2.24) is 0 Å². The van der Waals surface area contributed by atoms with E-state index in [9.17, 15) is 14.0 Å². The lowest BCUT2D eigenvalue weighted by Gasteiger charge is -2.18. The van der Waals surface area contributed by atoms with Crippen LogP contribution >= 0.6 is 0 Å². The van der Waals surface area contributed by atoms with Gasteiger partial charge >= 0.3 is 0 Å². The molecule has 5 heteroatoms. The van der Waals surface area contributed by atoms with Crippen molar-refractivity contribution in [1.29, 1.82) is 0 Å². The minimum atomic E-state index is -0.419. The van der Waals surface area contributed by atoms with Gasteiger partial charge in [-0.3, -0.25) is 9.59 Å². The molecule has 4 nitrogen and oxygen atoms in total. The number of hydrogen-bond acceptors (Lipinski definition) is 2. The van der Waals surface area contributed by atoms with Gasteiger partial charge in [0.1, 0.15) is 5.82 Å². The Kier molecular flexibility index (Phi) is 4.83. The maximum absolute atomic E-state index is 13.1. The van der Waals surface area contributed by atoms with E-state index >= 15 is 0 Å². The average molecular weight is 340 g/mol. The fourth-order valence-electron chi connectivity index (χ4n) is 3.10. The normalized spacial score (nSPS) is 17.2. The first-order valence-corrected chi connectivity index (χ1v) is 8.41. The summed E-state index contributed by atoms with van der Waals surface area (Å²) in [5.74, 6) is -0.764. The topological polar surface area (TPSA) is 49.4 Å². The van der Waals surface area contributed by atoms with Crippen molar-refractivity contribution >= 4 is 23.2 Å². The quantitative estimate of drug-likeness (QED) is 0.916. The second kappa shape index (κ2) is 7.05. The van der Waals surface area contributed by atoms with Crippen molar-refractivity contribution in [3.05, 3.63) is 59.9 Å². The number of carbonyl (C=O) groups is 2. The van der Waals surface area contributed by atoms with E-state index in [0.29, 0.717) is 12.2 Å². The SMILES string of the molecule is CC(C)c1ccccc1NC(=O)[C@H]1CC(=O)N(c2ccc(F)cc2)C1. The van der Waals surface area contributed by atoms with Crippen molar-refractivity contribution in [3.63, 3.8) is 0 Å². The van der Waals surface area contributed by atoms with E-state index < -0.39 is 5.92 Å². The van der Waals surface area contributed by atoms with Crippen molar-refractivity contribution in [3.8, 4) is 0 Å². The lowest BCUT2D eigenvalue weighted by atomic mass is 10.0. The smallest absolute Gasteiger partial charge is 0.229 e. The van der Waals surface area contributed by atoms with Gasteiger partial charge in [0.2, 0.25) is 11.8 Å². The molecule has 1 fully saturated rings. The van der Waals surface area contributed by atoms with Gasteiger partial charge in [-0.2, -0.15) is 0 Å². The Morgan fingerprint density at radius 2 is 1.84 bits per heavy atom. The van der Waals surface area contributed by atoms with E-state index in [-0.39, 0.29) is 30.0 Å². The Morgan fingerprint density at radius 1 is 1.16 bits per heavy atom. The molecular weight excluding hydrogens is 319 g/mol. The lowest BCUT2D eigenvalue weighted by molar-refractivity contribution is -0.122. The Bertz CT molecular complexity index is 787. The number of amides is 2. The van der Waals surface area contributed by atoms with Crippen LogP contribution < -0.4 is 10.2 Å². The van der Waals surface area contributed by atoms with E-state index in [0.717, 1.165) is 11.3 Å². The highest BCUT2D eigenvalue weighted by molar-refractivity contribution is 6.03. The molecule has 130 valence electrons. The molecule has 2 amide bonds. The van der Waals surface area contributed by atoms with Gasteiger partial charge in [0.15, 0.2) is 0 Å². The highest BCUT2D eigenvalue weighted by atomic mass is 19.1. The molecule has 1 N–H and O–H groups in total. The minimum absolute atomic E-state index is 0.121. The van der Waals surface area contributed by atoms with Crippen LogP contribution in [-0.4, -0.2) is 18.4 Å². The summed E-state index contributed by atoms with van der Waals surface area (Å²) in [4.78, 5) is 26.4. The zero-order valence-electron chi connectivity index (χ0n) is 14.3. The molecule has 0 saturated carbocycles. The summed E-state index contributed by atoms with van der Waals surface area (Å²) < 4.78 is 13.1. The zero-order chi connectivity index (χ0) is 18.0. The van der Waals surface area contributed by atoms with Gasteiger partial charge < -0.3 is 10.2 Å². The van der Waals surface area contributed by atoms with Crippen LogP contribution in [0.4, 0.5) is 15.8 Å². The van der Waals surface area contributed by atoms with Crippen LogP contribution in [-0.2, 0) is 9.59 Å². The molecule has 3 rings (SSSR count). The number of carbonyl (C=O) groups excluding carboxylic acids is 2. The van der Waals surface area contributed by atoms with Gasteiger partial charge in [-0.1, -0.05) is 32.0 Å². The lowest BCUT2D eigenvalue weighted by Crippen LogP contribution is -2.28. The van der Waals surface area contributed by atoms with Gasteiger partial charge in [0, 0.05) is 24.3 Å². The Morgan fingerprint density at radius 3 is 2.52 bits per heavy atom. The molecule has 1 atom stereocenters. The number of rotatable bonds is 4. The summed E-state index contributed by atoms with van der Waals surface area (Å²) in [5.41, 5.74) is 2.47. The molecule has 0 unspecified atom stereocenters. The number of halogens is 1. The molecule has 0 aliphatic carbocycles. The summed E-state index contributed by atoms with van der Waals surface area (Å²) in [6, 6.07) is 13.4. The summed E-state index contributed by atoms with van der Waals surface area (Å²) in [6.07, 6.45) is 0.160. The van der Waals surface area contributed by atoms with Crippen LogP contribution in [0, 0.1) is 11.7 Å². The Labute approximate surface area is 146 Å². The maximum atomic E-state index is 13.1. The van der Waals surface area contributed by atoms with E-state index in [2.05, 4.69) is 19.2 Å². The van der Waals surface area contributed by atoms with Crippen molar-refractivity contribution in [2.45, 2.75) is 26.2 Å². The number of anilines is 2. The molecule has 2 aromatic rings. The van der Waals surface area contributed by atoms with E-state index in [1.807, 2.05) is 24.3 Å². The molecule has 1 saturated heterocycles. The number of nitrogens with one attached hydrogen (secondary N) is 1. The summed E-state index contributed by atoms with van der Waals surface area (Å²) in [6.45, 7) is 4.45. The van der Waals surface area contributed by atoms with E-state index in [1.54, 1.807) is 12.1 Å². The molecule has 25 heavy (non-hydrogen) atoms. The van der Waals surface area contributed by atoms with E-state index in [1.165, 1.54) is 17.0 Å². The van der Waals surface area contributed by atoms with Gasteiger partial charge in [-0.25, -0.2) is 4.39 Å². The van der Waals surface area contributed by atoms with Crippen molar-refractivity contribution in [2.75, 3.05) is 16.8 Å². The molecule has 0 radical (unpaired) electrons. The molecule has 0 spiro atoms. The fraction of sp³-hybridized carbons (Fsp3) is 0.300. The van der Waals surface area contributed by atoms with E-state index in [4.69, 9.17) is 0 Å². The number of para-hydroxylation sites is 1. The van der Waals surface area contributed by atoms with Crippen LogP contribution in [0.2, 0.25) is 0 Å². The fourth-order valence-corrected chi connectivity index (χ4v) is 3.10. The van der Waals surface area contributed by atoms with Crippen LogP contribution in [0.1, 0.15) is 31.7 Å². The first-order valence-electron chi connectivity index (χ1n) is 8.41. The van der Waals surface area contributed by atoms with Crippen LogP contribution in [0.15, 0.2) is 48.5 Å². The third-order valence-corrected chi connectivity index (χ3v) is 4.47. The minimum Gasteiger partial charge on any atom is -0.326 e. The average Bonchev–Trinajstić information content (AvgIpc) is 2.98. The van der Waals surface area contributed by atoms with Crippen LogP contribution in [0.5, 0.6) is 0 Å². The number of nitrogens with zero attached hydrogens (tertiary/aromatic N) is 1. The third kappa shape index (κ3) is 3.71. The standard InChI is InChI=1S/C20H21FN2O2/c1-13(2)17-5-3-4-6-18(17)22-20(25)14-11-19(24)23(12-14)16-9-7-15(21)8-10-16/h3-10,13-14H,11-12H2,1-2H3,(H,22,25)/t14-/m0/s1. The second-order valence-corrected chi connectivity index (χ2v) is 6.61. The summed E-state index contributed by atoms with van der Waals surface area (Å²) in [5, 5.41) is 2.96.